The summed E-state index contributed by atoms with van der Waals surface area (Å²) in [5.74, 6) is 0.130. The molecule has 0 heterocycles. The number of hydrogen-bond donors (Lipinski definition) is 0. The molecule has 1 atom stereocenters. The first-order valence-electron chi connectivity index (χ1n) is 7.59. The number of esters is 1. The Bertz CT molecular complexity index is 538. The lowest BCUT2D eigenvalue weighted by Gasteiger charge is -2.35. The van der Waals surface area contributed by atoms with Gasteiger partial charge in [-0.3, -0.25) is 0 Å². The predicted octanol–water partition coefficient (Wildman–Crippen LogP) is 4.77. The Morgan fingerprint density at radius 2 is 2.00 bits per heavy atom. The van der Waals surface area contributed by atoms with Gasteiger partial charge in [0.05, 0.1) is 0 Å². The third kappa shape index (κ3) is 4.59. The number of allylic oxidation sites excluding steroid dienone is 2. The number of hydrogen-bond acceptors (Lipinski definition) is 2. The molecular formula is C19H24O2. The van der Waals surface area contributed by atoms with Crippen LogP contribution in [-0.2, 0) is 9.53 Å². The van der Waals surface area contributed by atoms with Crippen molar-refractivity contribution < 1.29 is 9.53 Å². The molecule has 1 aromatic carbocycles. The van der Waals surface area contributed by atoms with Gasteiger partial charge in [0.2, 0.25) is 0 Å². The van der Waals surface area contributed by atoms with Crippen molar-refractivity contribution in [2.75, 3.05) is 0 Å². The molecule has 0 unspecified atom stereocenters. The highest BCUT2D eigenvalue weighted by atomic mass is 16.6. The first-order valence-corrected chi connectivity index (χ1v) is 7.59. The van der Waals surface area contributed by atoms with Crippen LogP contribution in [0.5, 0.6) is 0 Å². The Morgan fingerprint density at radius 1 is 1.29 bits per heavy atom. The average Bonchev–Trinajstić information content (AvgIpc) is 2.46. The molecule has 2 rings (SSSR count). The van der Waals surface area contributed by atoms with Crippen LogP contribution in [0.25, 0.3) is 6.08 Å². The highest BCUT2D eigenvalue weighted by molar-refractivity contribution is 5.87. The van der Waals surface area contributed by atoms with Crippen molar-refractivity contribution in [3.63, 3.8) is 0 Å². The molecule has 112 valence electrons. The maximum absolute atomic E-state index is 12.0. The largest absolute Gasteiger partial charge is 0.456 e. The summed E-state index contributed by atoms with van der Waals surface area (Å²) in [6.45, 7) is 6.19. The molecule has 1 aliphatic carbocycles. The summed E-state index contributed by atoms with van der Waals surface area (Å²) in [7, 11) is 0. The van der Waals surface area contributed by atoms with E-state index in [1.54, 1.807) is 6.08 Å². The van der Waals surface area contributed by atoms with Gasteiger partial charge in [0.25, 0.3) is 0 Å². The van der Waals surface area contributed by atoms with Crippen molar-refractivity contribution in [2.45, 2.75) is 45.6 Å². The summed E-state index contributed by atoms with van der Waals surface area (Å²) in [6.07, 6.45) is 8.76. The van der Waals surface area contributed by atoms with E-state index in [1.165, 1.54) is 11.6 Å². The van der Waals surface area contributed by atoms with Gasteiger partial charge < -0.3 is 4.74 Å². The molecule has 0 bridgehead atoms. The highest BCUT2D eigenvalue weighted by Crippen LogP contribution is 2.34. The topological polar surface area (TPSA) is 26.3 Å². The van der Waals surface area contributed by atoms with Crippen molar-refractivity contribution in [3.8, 4) is 0 Å². The number of ether oxygens (including phenoxy) is 1. The number of benzene rings is 1. The summed E-state index contributed by atoms with van der Waals surface area (Å²) < 4.78 is 5.68. The fourth-order valence-electron chi connectivity index (χ4n) is 2.70. The molecule has 0 radical (unpaired) electrons. The van der Waals surface area contributed by atoms with Gasteiger partial charge in [-0.05, 0) is 51.7 Å². The molecule has 1 aliphatic rings. The van der Waals surface area contributed by atoms with Crippen LogP contribution in [0.1, 0.15) is 45.6 Å². The Balaban J connectivity index is 1.93. The zero-order valence-electron chi connectivity index (χ0n) is 13.1. The first kappa shape index (κ1) is 15.6. The SMILES string of the molecule is CC1=CC[C@@H](C(C)(C)OC(=O)/C=C/c2ccccc2)CC1. The summed E-state index contributed by atoms with van der Waals surface area (Å²) in [4.78, 5) is 12.0. The van der Waals surface area contributed by atoms with Crippen LogP contribution in [0, 0.1) is 5.92 Å². The van der Waals surface area contributed by atoms with E-state index < -0.39 is 5.60 Å². The smallest absolute Gasteiger partial charge is 0.331 e. The standard InChI is InChI=1S/C19H24O2/c1-15-9-12-17(13-10-15)19(2,3)21-18(20)14-11-16-7-5-4-6-8-16/h4-9,11,14,17H,10,12-13H2,1-3H3/b14-11+/t17-/m1/s1. The third-order valence-corrected chi connectivity index (χ3v) is 4.20. The summed E-state index contributed by atoms with van der Waals surface area (Å²) in [5, 5.41) is 0. The van der Waals surface area contributed by atoms with Gasteiger partial charge in [-0.15, -0.1) is 0 Å². The molecule has 1 aromatic rings. The minimum Gasteiger partial charge on any atom is -0.456 e. The Labute approximate surface area is 127 Å². The molecule has 0 saturated carbocycles. The summed E-state index contributed by atoms with van der Waals surface area (Å²) in [6, 6.07) is 9.78. The summed E-state index contributed by atoms with van der Waals surface area (Å²) in [5.41, 5.74) is 2.02. The quantitative estimate of drug-likeness (QED) is 0.452. The van der Waals surface area contributed by atoms with Gasteiger partial charge in [-0.2, -0.15) is 0 Å². The molecule has 0 aliphatic heterocycles. The van der Waals surface area contributed by atoms with Gasteiger partial charge in [-0.25, -0.2) is 4.79 Å². The lowest BCUT2D eigenvalue weighted by molar-refractivity contribution is -0.155. The highest BCUT2D eigenvalue weighted by Gasteiger charge is 2.33. The maximum Gasteiger partial charge on any atom is 0.331 e. The van der Waals surface area contributed by atoms with E-state index in [4.69, 9.17) is 4.74 Å². The van der Waals surface area contributed by atoms with Gasteiger partial charge in [0, 0.05) is 12.0 Å². The molecule has 0 aromatic heterocycles. The van der Waals surface area contributed by atoms with Crippen molar-refractivity contribution in [1.82, 2.24) is 0 Å². The summed E-state index contributed by atoms with van der Waals surface area (Å²) >= 11 is 0. The van der Waals surface area contributed by atoms with Crippen molar-refractivity contribution >= 4 is 12.0 Å². The van der Waals surface area contributed by atoms with E-state index in [1.807, 2.05) is 44.2 Å². The predicted molar refractivity (Wildman–Crippen MR) is 86.7 cm³/mol. The molecule has 0 fully saturated rings. The van der Waals surface area contributed by atoms with Crippen LogP contribution in [0.4, 0.5) is 0 Å². The fraction of sp³-hybridized carbons (Fsp3) is 0.421. The first-order chi connectivity index (χ1) is 9.97. The van der Waals surface area contributed by atoms with Crippen molar-refractivity contribution in [3.05, 3.63) is 53.6 Å². The molecule has 0 saturated heterocycles. The van der Waals surface area contributed by atoms with E-state index >= 15 is 0 Å². The monoisotopic (exact) mass is 284 g/mol. The minimum atomic E-state index is -0.421. The molecule has 0 N–H and O–H groups in total. The second kappa shape index (κ2) is 6.75. The fourth-order valence-corrected chi connectivity index (χ4v) is 2.70. The van der Waals surface area contributed by atoms with E-state index in [9.17, 15) is 4.79 Å². The number of carbonyl (C=O) groups excluding carboxylic acids is 1. The molecule has 2 nitrogen and oxygen atoms in total. The van der Waals surface area contributed by atoms with E-state index in [-0.39, 0.29) is 5.97 Å². The molecular weight excluding hydrogens is 260 g/mol. The third-order valence-electron chi connectivity index (χ3n) is 4.20. The van der Waals surface area contributed by atoms with E-state index in [2.05, 4.69) is 13.0 Å². The van der Waals surface area contributed by atoms with Crippen LogP contribution >= 0.6 is 0 Å². The van der Waals surface area contributed by atoms with Crippen molar-refractivity contribution in [2.24, 2.45) is 5.92 Å². The molecule has 0 spiro atoms. The van der Waals surface area contributed by atoms with Crippen LogP contribution in [0.2, 0.25) is 0 Å². The minimum absolute atomic E-state index is 0.268. The lowest BCUT2D eigenvalue weighted by atomic mass is 9.79. The maximum atomic E-state index is 12.0. The van der Waals surface area contributed by atoms with Gasteiger partial charge >= 0.3 is 5.97 Å². The van der Waals surface area contributed by atoms with Gasteiger partial charge in [0.1, 0.15) is 5.60 Å². The zero-order chi connectivity index (χ0) is 15.3. The van der Waals surface area contributed by atoms with Crippen LogP contribution in [0.3, 0.4) is 0 Å². The van der Waals surface area contributed by atoms with E-state index in [0.29, 0.717) is 5.92 Å². The second-order valence-electron chi connectivity index (χ2n) is 6.29. The zero-order valence-corrected chi connectivity index (χ0v) is 13.1. The van der Waals surface area contributed by atoms with Crippen LogP contribution < -0.4 is 0 Å². The Kier molecular flexibility index (Phi) is 5.00. The number of carbonyl (C=O) groups is 1. The molecule has 2 heteroatoms. The lowest BCUT2D eigenvalue weighted by Crippen LogP contribution is -2.37. The average molecular weight is 284 g/mol. The molecule has 21 heavy (non-hydrogen) atoms. The molecule has 0 amide bonds. The number of rotatable bonds is 4. The normalized spacial score (nSPS) is 19.4. The second-order valence-corrected chi connectivity index (χ2v) is 6.29. The van der Waals surface area contributed by atoms with Crippen LogP contribution in [-0.4, -0.2) is 11.6 Å². The van der Waals surface area contributed by atoms with Crippen LogP contribution in [0.15, 0.2) is 48.1 Å². The Morgan fingerprint density at radius 3 is 2.62 bits per heavy atom. The van der Waals surface area contributed by atoms with Gasteiger partial charge in [-0.1, -0.05) is 42.0 Å². The Hall–Kier alpha value is -1.83. The van der Waals surface area contributed by atoms with E-state index in [0.717, 1.165) is 24.8 Å². The van der Waals surface area contributed by atoms with Crippen molar-refractivity contribution in [1.29, 1.82) is 0 Å². The van der Waals surface area contributed by atoms with Gasteiger partial charge in [0.15, 0.2) is 0 Å².